The molecule has 1 N–H and O–H groups in total. The number of hydrogen-bond donors (Lipinski definition) is 1. The Bertz CT molecular complexity index is 391. The molecule has 0 unspecified atom stereocenters. The second kappa shape index (κ2) is 5.62. The number of thiophene rings is 1. The highest BCUT2D eigenvalue weighted by atomic mass is 32.1. The Morgan fingerprint density at radius 3 is 3.18 bits per heavy atom. The van der Waals surface area contributed by atoms with E-state index in [1.165, 1.54) is 10.4 Å². The number of morpholine rings is 1. The summed E-state index contributed by atoms with van der Waals surface area (Å²) in [6.07, 6.45) is 0.157. The molecule has 1 aromatic rings. The highest BCUT2D eigenvalue weighted by Gasteiger charge is 2.25. The van der Waals surface area contributed by atoms with Crippen molar-refractivity contribution in [2.24, 2.45) is 0 Å². The van der Waals surface area contributed by atoms with Crippen LogP contribution in [-0.2, 0) is 16.1 Å². The second-order valence-electron chi connectivity index (χ2n) is 4.32. The number of aryl methyl sites for hydroxylation is 1. The van der Waals surface area contributed by atoms with Crippen molar-refractivity contribution in [2.45, 2.75) is 25.9 Å². The number of ether oxygens (including phenoxy) is 1. The third-order valence-corrected chi connectivity index (χ3v) is 4.08. The summed E-state index contributed by atoms with van der Waals surface area (Å²) in [5.74, 6) is -0.756. The maximum absolute atomic E-state index is 10.8. The van der Waals surface area contributed by atoms with Crippen LogP contribution in [0.4, 0.5) is 0 Å². The minimum absolute atomic E-state index is 0.00255. The molecule has 0 radical (unpaired) electrons. The van der Waals surface area contributed by atoms with E-state index in [4.69, 9.17) is 9.84 Å². The molecule has 1 fully saturated rings. The molecule has 17 heavy (non-hydrogen) atoms. The van der Waals surface area contributed by atoms with E-state index >= 15 is 0 Å². The van der Waals surface area contributed by atoms with Gasteiger partial charge in [0, 0.05) is 24.0 Å². The lowest BCUT2D eigenvalue weighted by Gasteiger charge is -2.34. The molecular formula is C12H17NO3S. The molecule has 1 aliphatic rings. The SMILES string of the molecule is Cc1ccsc1CN1CCOC[C@@H]1CC(=O)O. The monoisotopic (exact) mass is 255 g/mol. The lowest BCUT2D eigenvalue weighted by molar-refractivity contribution is -0.140. The fourth-order valence-electron chi connectivity index (χ4n) is 2.04. The van der Waals surface area contributed by atoms with Crippen LogP contribution in [0.25, 0.3) is 0 Å². The molecule has 0 aromatic carbocycles. The minimum Gasteiger partial charge on any atom is -0.481 e. The Morgan fingerprint density at radius 2 is 2.53 bits per heavy atom. The average molecular weight is 255 g/mol. The Labute approximate surface area is 105 Å². The van der Waals surface area contributed by atoms with Crippen LogP contribution in [0.3, 0.4) is 0 Å². The summed E-state index contributed by atoms with van der Waals surface area (Å²) in [5.41, 5.74) is 1.29. The zero-order chi connectivity index (χ0) is 12.3. The van der Waals surface area contributed by atoms with E-state index < -0.39 is 5.97 Å². The summed E-state index contributed by atoms with van der Waals surface area (Å²) in [7, 11) is 0. The lowest BCUT2D eigenvalue weighted by atomic mass is 10.1. The number of carboxylic acid groups (broad SMARTS) is 1. The minimum atomic E-state index is -0.756. The van der Waals surface area contributed by atoms with Crippen molar-refractivity contribution in [1.29, 1.82) is 0 Å². The summed E-state index contributed by atoms with van der Waals surface area (Å²) >= 11 is 1.73. The van der Waals surface area contributed by atoms with E-state index in [0.29, 0.717) is 13.2 Å². The van der Waals surface area contributed by atoms with Gasteiger partial charge in [0.05, 0.1) is 19.6 Å². The summed E-state index contributed by atoms with van der Waals surface area (Å²) in [5, 5.41) is 11.0. The molecule has 0 bridgehead atoms. The number of hydrogen-bond acceptors (Lipinski definition) is 4. The molecule has 0 aliphatic carbocycles. The van der Waals surface area contributed by atoms with E-state index in [1.807, 2.05) is 0 Å². The molecule has 0 saturated carbocycles. The number of carbonyl (C=O) groups is 1. The number of aliphatic carboxylic acids is 1. The third-order valence-electron chi connectivity index (χ3n) is 3.07. The zero-order valence-electron chi connectivity index (χ0n) is 9.89. The van der Waals surface area contributed by atoms with Gasteiger partial charge in [-0.1, -0.05) is 0 Å². The lowest BCUT2D eigenvalue weighted by Crippen LogP contribution is -2.45. The van der Waals surface area contributed by atoms with E-state index in [9.17, 15) is 4.79 Å². The number of nitrogens with zero attached hydrogens (tertiary/aromatic N) is 1. The fraction of sp³-hybridized carbons (Fsp3) is 0.583. The van der Waals surface area contributed by atoms with Crippen molar-refractivity contribution in [3.05, 3.63) is 21.9 Å². The topological polar surface area (TPSA) is 49.8 Å². The average Bonchev–Trinajstić information content (AvgIpc) is 2.67. The van der Waals surface area contributed by atoms with Gasteiger partial charge in [-0.3, -0.25) is 9.69 Å². The van der Waals surface area contributed by atoms with Crippen LogP contribution >= 0.6 is 11.3 Å². The highest BCUT2D eigenvalue weighted by molar-refractivity contribution is 7.10. The second-order valence-corrected chi connectivity index (χ2v) is 5.32. The molecule has 2 heterocycles. The molecule has 2 rings (SSSR count). The van der Waals surface area contributed by atoms with Gasteiger partial charge in [-0.15, -0.1) is 11.3 Å². The Kier molecular flexibility index (Phi) is 4.15. The van der Waals surface area contributed by atoms with Gasteiger partial charge in [-0.05, 0) is 23.9 Å². The molecule has 1 saturated heterocycles. The van der Waals surface area contributed by atoms with Crippen LogP contribution in [0.5, 0.6) is 0 Å². The molecule has 0 spiro atoms. The van der Waals surface area contributed by atoms with Crippen molar-refractivity contribution in [1.82, 2.24) is 4.90 Å². The van der Waals surface area contributed by atoms with E-state index in [-0.39, 0.29) is 12.5 Å². The van der Waals surface area contributed by atoms with Crippen LogP contribution in [-0.4, -0.2) is 41.8 Å². The van der Waals surface area contributed by atoms with Crippen LogP contribution in [0.1, 0.15) is 16.9 Å². The molecule has 5 heteroatoms. The van der Waals surface area contributed by atoms with Crippen molar-refractivity contribution in [3.63, 3.8) is 0 Å². The maximum Gasteiger partial charge on any atom is 0.305 e. The summed E-state index contributed by atoms with van der Waals surface area (Å²) in [6.45, 7) is 4.97. The van der Waals surface area contributed by atoms with Gasteiger partial charge in [0.25, 0.3) is 0 Å². The zero-order valence-corrected chi connectivity index (χ0v) is 10.7. The Hall–Kier alpha value is -0.910. The summed E-state index contributed by atoms with van der Waals surface area (Å²) in [4.78, 5) is 14.3. The summed E-state index contributed by atoms with van der Waals surface area (Å²) < 4.78 is 5.36. The number of carboxylic acids is 1. The molecule has 1 atom stereocenters. The van der Waals surface area contributed by atoms with E-state index in [1.54, 1.807) is 11.3 Å². The number of rotatable bonds is 4. The Balaban J connectivity index is 2.01. The quantitative estimate of drug-likeness (QED) is 0.890. The van der Waals surface area contributed by atoms with Gasteiger partial charge >= 0.3 is 5.97 Å². The van der Waals surface area contributed by atoms with E-state index in [2.05, 4.69) is 23.3 Å². The third kappa shape index (κ3) is 3.28. The van der Waals surface area contributed by atoms with Crippen LogP contribution < -0.4 is 0 Å². The normalized spacial score (nSPS) is 21.6. The Morgan fingerprint density at radius 1 is 1.71 bits per heavy atom. The van der Waals surface area contributed by atoms with Gasteiger partial charge in [0.2, 0.25) is 0 Å². The molecular weight excluding hydrogens is 238 g/mol. The fourth-order valence-corrected chi connectivity index (χ4v) is 2.97. The highest BCUT2D eigenvalue weighted by Crippen LogP contribution is 2.21. The van der Waals surface area contributed by atoms with Crippen molar-refractivity contribution >= 4 is 17.3 Å². The summed E-state index contributed by atoms with van der Waals surface area (Å²) in [6, 6.07) is 2.11. The maximum atomic E-state index is 10.8. The van der Waals surface area contributed by atoms with Gasteiger partial charge in [0.1, 0.15) is 0 Å². The molecule has 1 aliphatic heterocycles. The van der Waals surface area contributed by atoms with Crippen LogP contribution in [0.15, 0.2) is 11.4 Å². The standard InChI is InChI=1S/C12H17NO3S/c1-9-2-5-17-11(9)7-13-3-4-16-8-10(13)6-12(14)15/h2,5,10H,3-4,6-8H2,1H3,(H,14,15)/t10-/m0/s1. The molecule has 1 aromatic heterocycles. The predicted molar refractivity (Wildman–Crippen MR) is 66.3 cm³/mol. The van der Waals surface area contributed by atoms with Gasteiger partial charge in [-0.25, -0.2) is 0 Å². The van der Waals surface area contributed by atoms with Crippen molar-refractivity contribution < 1.29 is 14.6 Å². The molecule has 4 nitrogen and oxygen atoms in total. The van der Waals surface area contributed by atoms with Gasteiger partial charge in [-0.2, -0.15) is 0 Å². The largest absolute Gasteiger partial charge is 0.481 e. The van der Waals surface area contributed by atoms with Crippen molar-refractivity contribution in [2.75, 3.05) is 19.8 Å². The van der Waals surface area contributed by atoms with Crippen molar-refractivity contribution in [3.8, 4) is 0 Å². The molecule has 0 amide bonds. The first-order valence-corrected chi connectivity index (χ1v) is 6.61. The van der Waals surface area contributed by atoms with E-state index in [0.717, 1.165) is 13.1 Å². The van der Waals surface area contributed by atoms with Crippen LogP contribution in [0.2, 0.25) is 0 Å². The first-order chi connectivity index (χ1) is 8.16. The first kappa shape index (κ1) is 12.5. The predicted octanol–water partition coefficient (Wildman–Crippen LogP) is 1.73. The van der Waals surface area contributed by atoms with Crippen LogP contribution in [0, 0.1) is 6.92 Å². The smallest absolute Gasteiger partial charge is 0.305 e. The first-order valence-electron chi connectivity index (χ1n) is 5.73. The molecule has 94 valence electrons. The van der Waals surface area contributed by atoms with Gasteiger partial charge < -0.3 is 9.84 Å². The van der Waals surface area contributed by atoms with Gasteiger partial charge in [0.15, 0.2) is 0 Å².